The molecule has 1 aromatic rings. The molecular weight excluding hydrogens is 222 g/mol. The number of aliphatic hydroxyl groups is 1. The first kappa shape index (κ1) is 12.0. The molecular formula is C11H19N3OS. The Kier molecular flexibility index (Phi) is 4.71. The van der Waals surface area contributed by atoms with Crippen LogP contribution in [0.25, 0.3) is 0 Å². The van der Waals surface area contributed by atoms with E-state index in [9.17, 15) is 5.11 Å². The van der Waals surface area contributed by atoms with Gasteiger partial charge in [-0.2, -0.15) is 0 Å². The molecule has 2 heterocycles. The van der Waals surface area contributed by atoms with Gasteiger partial charge in [0.25, 0.3) is 0 Å². The highest BCUT2D eigenvalue weighted by Gasteiger charge is 2.14. The van der Waals surface area contributed by atoms with Crippen molar-refractivity contribution in [3.8, 4) is 0 Å². The number of piperidine rings is 1. The normalized spacial score (nSPS) is 19.8. The van der Waals surface area contributed by atoms with Crippen LogP contribution in [0.3, 0.4) is 0 Å². The molecule has 0 saturated carbocycles. The molecule has 1 aliphatic rings. The van der Waals surface area contributed by atoms with Gasteiger partial charge in [-0.05, 0) is 38.9 Å². The first-order valence-corrected chi connectivity index (χ1v) is 6.76. The van der Waals surface area contributed by atoms with Crippen LogP contribution in [0.2, 0.25) is 0 Å². The standard InChI is InChI=1S/C11H19N3OS/c15-10(11-14-7-8-16-11)3-6-13-9-1-4-12-5-2-9/h7-10,12-13,15H,1-6H2. The number of nitrogens with one attached hydrogen (secondary N) is 2. The average Bonchev–Trinajstić information content (AvgIpc) is 2.84. The summed E-state index contributed by atoms with van der Waals surface area (Å²) in [5.41, 5.74) is 0. The molecule has 1 unspecified atom stereocenters. The molecule has 0 radical (unpaired) electrons. The second-order valence-electron chi connectivity index (χ2n) is 4.15. The Morgan fingerprint density at radius 1 is 1.56 bits per heavy atom. The quantitative estimate of drug-likeness (QED) is 0.717. The van der Waals surface area contributed by atoms with Gasteiger partial charge in [-0.3, -0.25) is 0 Å². The van der Waals surface area contributed by atoms with Crippen LogP contribution in [0.1, 0.15) is 30.4 Å². The van der Waals surface area contributed by atoms with Crippen LogP contribution in [0.4, 0.5) is 0 Å². The SMILES string of the molecule is OC(CCNC1CCNCC1)c1nccs1. The van der Waals surface area contributed by atoms with Crippen LogP contribution >= 0.6 is 11.3 Å². The smallest absolute Gasteiger partial charge is 0.121 e. The van der Waals surface area contributed by atoms with Gasteiger partial charge in [0.05, 0.1) is 0 Å². The van der Waals surface area contributed by atoms with Gasteiger partial charge in [0, 0.05) is 17.6 Å². The molecule has 16 heavy (non-hydrogen) atoms. The van der Waals surface area contributed by atoms with Gasteiger partial charge in [0.2, 0.25) is 0 Å². The van der Waals surface area contributed by atoms with E-state index in [1.54, 1.807) is 6.20 Å². The lowest BCUT2D eigenvalue weighted by molar-refractivity contribution is 0.164. The topological polar surface area (TPSA) is 57.2 Å². The summed E-state index contributed by atoms with van der Waals surface area (Å²) in [6.45, 7) is 3.07. The predicted octanol–water partition coefficient (Wildman–Crippen LogP) is 0.908. The van der Waals surface area contributed by atoms with Gasteiger partial charge >= 0.3 is 0 Å². The fourth-order valence-corrected chi connectivity index (χ4v) is 2.63. The molecule has 5 heteroatoms. The zero-order valence-corrected chi connectivity index (χ0v) is 10.2. The molecule has 0 aliphatic carbocycles. The zero-order valence-electron chi connectivity index (χ0n) is 9.35. The van der Waals surface area contributed by atoms with Crippen molar-refractivity contribution in [2.75, 3.05) is 19.6 Å². The van der Waals surface area contributed by atoms with Crippen LogP contribution in [0, 0.1) is 0 Å². The van der Waals surface area contributed by atoms with Gasteiger partial charge in [-0.15, -0.1) is 11.3 Å². The zero-order chi connectivity index (χ0) is 11.2. The molecule has 1 aliphatic heterocycles. The highest BCUT2D eigenvalue weighted by molar-refractivity contribution is 7.09. The number of thiazole rings is 1. The number of nitrogens with zero attached hydrogens (tertiary/aromatic N) is 1. The molecule has 1 atom stereocenters. The van der Waals surface area contributed by atoms with Gasteiger partial charge in [0.15, 0.2) is 0 Å². The number of aliphatic hydroxyl groups excluding tert-OH is 1. The first-order valence-electron chi connectivity index (χ1n) is 5.88. The lowest BCUT2D eigenvalue weighted by atomic mass is 10.1. The van der Waals surface area contributed by atoms with Crippen molar-refractivity contribution in [2.45, 2.75) is 31.4 Å². The fraction of sp³-hybridized carbons (Fsp3) is 0.727. The molecule has 0 spiro atoms. The van der Waals surface area contributed by atoms with Gasteiger partial charge in [0.1, 0.15) is 11.1 Å². The lowest BCUT2D eigenvalue weighted by Crippen LogP contribution is -2.40. The summed E-state index contributed by atoms with van der Waals surface area (Å²) in [5, 5.41) is 19.4. The van der Waals surface area contributed by atoms with Crippen molar-refractivity contribution < 1.29 is 5.11 Å². The average molecular weight is 241 g/mol. The Labute approximate surface area is 100 Å². The van der Waals surface area contributed by atoms with Crippen molar-refractivity contribution in [3.05, 3.63) is 16.6 Å². The van der Waals surface area contributed by atoms with Gasteiger partial charge in [-0.25, -0.2) is 4.98 Å². The summed E-state index contributed by atoms with van der Waals surface area (Å²) in [5.74, 6) is 0. The predicted molar refractivity (Wildman–Crippen MR) is 65.6 cm³/mol. The molecule has 4 nitrogen and oxygen atoms in total. The van der Waals surface area contributed by atoms with Crippen LogP contribution in [-0.4, -0.2) is 35.8 Å². The minimum absolute atomic E-state index is 0.408. The lowest BCUT2D eigenvalue weighted by Gasteiger charge is -2.24. The summed E-state index contributed by atoms with van der Waals surface area (Å²) in [6, 6.07) is 0.616. The van der Waals surface area contributed by atoms with E-state index in [-0.39, 0.29) is 0 Å². The van der Waals surface area contributed by atoms with Crippen molar-refractivity contribution in [1.82, 2.24) is 15.6 Å². The minimum atomic E-state index is -0.408. The van der Waals surface area contributed by atoms with E-state index in [0.717, 1.165) is 31.1 Å². The number of hydrogen-bond donors (Lipinski definition) is 3. The molecule has 0 bridgehead atoms. The third-order valence-electron chi connectivity index (χ3n) is 2.93. The van der Waals surface area contributed by atoms with Crippen molar-refractivity contribution in [1.29, 1.82) is 0 Å². The summed E-state index contributed by atoms with van der Waals surface area (Å²) >= 11 is 1.52. The largest absolute Gasteiger partial charge is 0.386 e. The maximum Gasteiger partial charge on any atom is 0.121 e. The maximum absolute atomic E-state index is 9.83. The molecule has 1 fully saturated rings. The van der Waals surface area contributed by atoms with E-state index < -0.39 is 6.10 Å². The summed E-state index contributed by atoms with van der Waals surface area (Å²) in [7, 11) is 0. The molecule has 2 rings (SSSR count). The maximum atomic E-state index is 9.83. The molecule has 90 valence electrons. The van der Waals surface area contributed by atoms with E-state index in [1.165, 1.54) is 24.2 Å². The minimum Gasteiger partial charge on any atom is -0.386 e. The van der Waals surface area contributed by atoms with Crippen molar-refractivity contribution in [2.24, 2.45) is 0 Å². The summed E-state index contributed by atoms with van der Waals surface area (Å²) in [6.07, 6.45) is 4.45. The third-order valence-corrected chi connectivity index (χ3v) is 3.80. The molecule has 1 saturated heterocycles. The number of rotatable bonds is 5. The van der Waals surface area contributed by atoms with Crippen LogP contribution in [0.15, 0.2) is 11.6 Å². The Hall–Kier alpha value is -0.490. The second kappa shape index (κ2) is 6.30. The van der Waals surface area contributed by atoms with E-state index in [2.05, 4.69) is 15.6 Å². The Morgan fingerprint density at radius 3 is 3.06 bits per heavy atom. The second-order valence-corrected chi connectivity index (χ2v) is 5.08. The van der Waals surface area contributed by atoms with Crippen molar-refractivity contribution >= 4 is 11.3 Å². The number of hydrogen-bond acceptors (Lipinski definition) is 5. The third kappa shape index (κ3) is 3.52. The number of aromatic nitrogens is 1. The first-order chi connectivity index (χ1) is 7.86. The fourth-order valence-electron chi connectivity index (χ4n) is 1.97. The Balaban J connectivity index is 1.63. The molecule has 0 amide bonds. The highest BCUT2D eigenvalue weighted by Crippen LogP contribution is 2.18. The van der Waals surface area contributed by atoms with Crippen LogP contribution in [-0.2, 0) is 0 Å². The van der Waals surface area contributed by atoms with Crippen molar-refractivity contribution in [3.63, 3.8) is 0 Å². The monoisotopic (exact) mass is 241 g/mol. The van der Waals surface area contributed by atoms with E-state index in [0.29, 0.717) is 6.04 Å². The summed E-state index contributed by atoms with van der Waals surface area (Å²) < 4.78 is 0. The van der Waals surface area contributed by atoms with E-state index >= 15 is 0 Å². The van der Waals surface area contributed by atoms with Gasteiger partial charge in [-0.1, -0.05) is 0 Å². The highest BCUT2D eigenvalue weighted by atomic mass is 32.1. The molecule has 3 N–H and O–H groups in total. The van der Waals surface area contributed by atoms with Gasteiger partial charge < -0.3 is 15.7 Å². The van der Waals surface area contributed by atoms with E-state index in [1.807, 2.05) is 5.38 Å². The molecule has 1 aromatic heterocycles. The van der Waals surface area contributed by atoms with E-state index in [4.69, 9.17) is 0 Å². The molecule has 0 aromatic carbocycles. The van der Waals surface area contributed by atoms with Crippen LogP contribution < -0.4 is 10.6 Å². The Bertz CT molecular complexity index is 285. The van der Waals surface area contributed by atoms with Crippen LogP contribution in [0.5, 0.6) is 0 Å². The summed E-state index contributed by atoms with van der Waals surface area (Å²) in [4.78, 5) is 4.11. The Morgan fingerprint density at radius 2 is 2.38 bits per heavy atom.